The van der Waals surface area contributed by atoms with Crippen LogP contribution in [0, 0.1) is 13.8 Å². The minimum atomic E-state index is -0.00500. The lowest BCUT2D eigenvalue weighted by atomic mass is 10.0. The number of aromatic amines is 1. The molecule has 1 fully saturated rings. The lowest BCUT2D eigenvalue weighted by Gasteiger charge is -2.33. The Kier molecular flexibility index (Phi) is 5.74. The average Bonchev–Trinajstić information content (AvgIpc) is 3.24. The van der Waals surface area contributed by atoms with Crippen LogP contribution in [-0.2, 0) is 0 Å². The van der Waals surface area contributed by atoms with Crippen LogP contribution >= 0.6 is 0 Å². The maximum absolute atomic E-state index is 12.7. The van der Waals surface area contributed by atoms with Crippen LogP contribution in [0.1, 0.15) is 34.3 Å². The number of aromatic nitrogens is 2. The number of rotatable bonds is 5. The molecule has 4 rings (SSSR count). The number of carbonyl (C=O) groups is 1. The number of anilines is 1. The first-order valence-corrected chi connectivity index (χ1v) is 10.4. The van der Waals surface area contributed by atoms with E-state index in [1.165, 1.54) is 0 Å². The summed E-state index contributed by atoms with van der Waals surface area (Å²) in [5, 5.41) is 10.8. The molecule has 1 saturated heterocycles. The van der Waals surface area contributed by atoms with Crippen LogP contribution in [0.2, 0.25) is 0 Å². The first kappa shape index (κ1) is 20.0. The Labute approximate surface area is 177 Å². The van der Waals surface area contributed by atoms with Gasteiger partial charge in [-0.05, 0) is 68.7 Å². The van der Waals surface area contributed by atoms with E-state index >= 15 is 0 Å². The summed E-state index contributed by atoms with van der Waals surface area (Å²) in [4.78, 5) is 15.0. The van der Waals surface area contributed by atoms with Crippen molar-refractivity contribution in [3.63, 3.8) is 0 Å². The molecule has 1 aliphatic heterocycles. The van der Waals surface area contributed by atoms with E-state index in [1.54, 1.807) is 7.11 Å². The summed E-state index contributed by atoms with van der Waals surface area (Å²) in [7, 11) is 1.66. The Bertz CT molecular complexity index is 1010. The molecule has 2 N–H and O–H groups in total. The predicted molar refractivity (Wildman–Crippen MR) is 119 cm³/mol. The van der Waals surface area contributed by atoms with E-state index < -0.39 is 0 Å². The van der Waals surface area contributed by atoms with E-state index in [0.29, 0.717) is 0 Å². The molecule has 0 radical (unpaired) electrons. The zero-order chi connectivity index (χ0) is 21.1. The lowest BCUT2D eigenvalue weighted by molar-refractivity contribution is 0.0933. The number of benzene rings is 2. The number of piperidine rings is 1. The number of ether oxygens (including phenoxy) is 1. The Morgan fingerprint density at radius 1 is 1.13 bits per heavy atom. The third-order valence-electron chi connectivity index (χ3n) is 5.53. The summed E-state index contributed by atoms with van der Waals surface area (Å²) in [5.74, 6) is 1.73. The molecule has 156 valence electrons. The minimum absolute atomic E-state index is 0.00500. The second kappa shape index (κ2) is 8.61. The number of hydrogen-bond donors (Lipinski definition) is 2. The van der Waals surface area contributed by atoms with Gasteiger partial charge in [-0.3, -0.25) is 9.89 Å². The molecule has 1 amide bonds. The maximum atomic E-state index is 12.7. The summed E-state index contributed by atoms with van der Waals surface area (Å²) in [6.07, 6.45) is 1.99. The molecule has 1 aliphatic rings. The van der Waals surface area contributed by atoms with Crippen molar-refractivity contribution in [2.24, 2.45) is 0 Å². The Balaban J connectivity index is 1.42. The fourth-order valence-electron chi connectivity index (χ4n) is 4.07. The lowest BCUT2D eigenvalue weighted by Crippen LogP contribution is -2.48. The molecule has 0 spiro atoms. The Morgan fingerprint density at radius 2 is 1.87 bits per heavy atom. The first-order valence-electron chi connectivity index (χ1n) is 10.4. The zero-order valence-electron chi connectivity index (χ0n) is 17.7. The molecule has 1 atom stereocenters. The van der Waals surface area contributed by atoms with Crippen molar-refractivity contribution in [1.29, 1.82) is 0 Å². The average molecular weight is 405 g/mol. The molecule has 2 heterocycles. The van der Waals surface area contributed by atoms with Gasteiger partial charge in [0.25, 0.3) is 5.91 Å². The standard InChI is InChI=1S/C24H28N4O2/c1-16-11-17(2)13-19(12-16)24(29)25-20-5-4-10-28(15-20)23-14-22(26-27-23)18-6-8-21(30-3)9-7-18/h6-9,11-14,20H,4-5,10,15H2,1-3H3,(H,25,29)(H,26,27)/t20-/m0/s1. The van der Waals surface area contributed by atoms with Crippen molar-refractivity contribution in [2.45, 2.75) is 32.7 Å². The summed E-state index contributed by atoms with van der Waals surface area (Å²) in [6, 6.07) is 16.0. The van der Waals surface area contributed by atoms with Crippen LogP contribution in [-0.4, -0.2) is 42.3 Å². The second-order valence-electron chi connectivity index (χ2n) is 8.00. The van der Waals surface area contributed by atoms with Gasteiger partial charge in [0.1, 0.15) is 5.75 Å². The van der Waals surface area contributed by atoms with Crippen LogP contribution in [0.15, 0.2) is 48.5 Å². The summed E-state index contributed by atoms with van der Waals surface area (Å²) >= 11 is 0. The van der Waals surface area contributed by atoms with Crippen LogP contribution in [0.3, 0.4) is 0 Å². The predicted octanol–water partition coefficient (Wildman–Crippen LogP) is 4.10. The van der Waals surface area contributed by atoms with E-state index in [2.05, 4.69) is 32.5 Å². The smallest absolute Gasteiger partial charge is 0.251 e. The van der Waals surface area contributed by atoms with Crippen molar-refractivity contribution < 1.29 is 9.53 Å². The van der Waals surface area contributed by atoms with Gasteiger partial charge >= 0.3 is 0 Å². The van der Waals surface area contributed by atoms with Gasteiger partial charge in [-0.25, -0.2) is 0 Å². The fraction of sp³-hybridized carbons (Fsp3) is 0.333. The van der Waals surface area contributed by atoms with Gasteiger partial charge in [0.2, 0.25) is 0 Å². The highest BCUT2D eigenvalue weighted by Gasteiger charge is 2.24. The monoisotopic (exact) mass is 404 g/mol. The fourth-order valence-corrected chi connectivity index (χ4v) is 4.07. The van der Waals surface area contributed by atoms with Gasteiger partial charge in [-0.15, -0.1) is 0 Å². The molecule has 0 aliphatic carbocycles. The first-order chi connectivity index (χ1) is 14.5. The molecule has 0 saturated carbocycles. The van der Waals surface area contributed by atoms with Crippen molar-refractivity contribution >= 4 is 11.7 Å². The van der Waals surface area contributed by atoms with Gasteiger partial charge in [-0.1, -0.05) is 17.2 Å². The molecule has 1 aromatic heterocycles. The second-order valence-corrected chi connectivity index (χ2v) is 8.00. The normalized spacial score (nSPS) is 16.4. The van der Waals surface area contributed by atoms with Crippen LogP contribution in [0.4, 0.5) is 5.82 Å². The number of carbonyl (C=O) groups excluding carboxylic acids is 1. The molecular formula is C24H28N4O2. The molecule has 3 aromatic rings. The number of nitrogens with zero attached hydrogens (tertiary/aromatic N) is 2. The number of nitrogens with one attached hydrogen (secondary N) is 2. The highest BCUT2D eigenvalue weighted by atomic mass is 16.5. The van der Waals surface area contributed by atoms with E-state index in [1.807, 2.05) is 50.2 Å². The third kappa shape index (κ3) is 4.48. The van der Waals surface area contributed by atoms with E-state index in [4.69, 9.17) is 4.74 Å². The van der Waals surface area contributed by atoms with Crippen molar-refractivity contribution in [2.75, 3.05) is 25.1 Å². The minimum Gasteiger partial charge on any atom is -0.497 e. The van der Waals surface area contributed by atoms with Crippen molar-refractivity contribution in [1.82, 2.24) is 15.5 Å². The molecule has 2 aromatic carbocycles. The number of H-pyrrole nitrogens is 1. The molecule has 6 nitrogen and oxygen atoms in total. The van der Waals surface area contributed by atoms with Gasteiger partial charge in [-0.2, -0.15) is 5.10 Å². The van der Waals surface area contributed by atoms with Gasteiger partial charge < -0.3 is 15.0 Å². The molecule has 30 heavy (non-hydrogen) atoms. The Morgan fingerprint density at radius 3 is 2.57 bits per heavy atom. The SMILES string of the molecule is COc1ccc(-c2cc(N3CCC[C@H](NC(=O)c4cc(C)cc(C)c4)C3)n[nH]2)cc1. The zero-order valence-corrected chi connectivity index (χ0v) is 17.7. The highest BCUT2D eigenvalue weighted by molar-refractivity contribution is 5.94. The summed E-state index contributed by atoms with van der Waals surface area (Å²) in [5.41, 5.74) is 4.97. The van der Waals surface area contributed by atoms with Crippen LogP contribution < -0.4 is 15.0 Å². The van der Waals surface area contributed by atoms with Gasteiger partial charge in [0, 0.05) is 30.8 Å². The molecule has 6 heteroatoms. The topological polar surface area (TPSA) is 70.2 Å². The van der Waals surface area contributed by atoms with Crippen molar-refractivity contribution in [3.05, 3.63) is 65.2 Å². The summed E-state index contributed by atoms with van der Waals surface area (Å²) in [6.45, 7) is 5.72. The molecule has 0 unspecified atom stereocenters. The number of hydrogen-bond acceptors (Lipinski definition) is 4. The molecule has 0 bridgehead atoms. The number of aryl methyl sites for hydroxylation is 2. The summed E-state index contributed by atoms with van der Waals surface area (Å²) < 4.78 is 5.23. The van der Waals surface area contributed by atoms with E-state index in [-0.39, 0.29) is 11.9 Å². The number of methoxy groups -OCH3 is 1. The number of amides is 1. The van der Waals surface area contributed by atoms with Crippen LogP contribution in [0.25, 0.3) is 11.3 Å². The quantitative estimate of drug-likeness (QED) is 0.672. The maximum Gasteiger partial charge on any atom is 0.251 e. The third-order valence-corrected chi connectivity index (χ3v) is 5.53. The van der Waals surface area contributed by atoms with E-state index in [0.717, 1.165) is 65.4 Å². The Hall–Kier alpha value is -3.28. The van der Waals surface area contributed by atoms with E-state index in [9.17, 15) is 4.79 Å². The largest absolute Gasteiger partial charge is 0.497 e. The van der Waals surface area contributed by atoms with Crippen LogP contribution in [0.5, 0.6) is 5.75 Å². The van der Waals surface area contributed by atoms with Gasteiger partial charge in [0.15, 0.2) is 5.82 Å². The molecular weight excluding hydrogens is 376 g/mol. The van der Waals surface area contributed by atoms with Crippen molar-refractivity contribution in [3.8, 4) is 17.0 Å². The highest BCUT2D eigenvalue weighted by Crippen LogP contribution is 2.26. The van der Waals surface area contributed by atoms with Gasteiger partial charge in [0.05, 0.1) is 12.8 Å².